The summed E-state index contributed by atoms with van der Waals surface area (Å²) in [7, 11) is 0. The molecule has 0 aliphatic heterocycles. The number of hydrogen-bond donors (Lipinski definition) is 1. The number of carbonyl (C=O) groups is 1. The summed E-state index contributed by atoms with van der Waals surface area (Å²) >= 11 is 0. The van der Waals surface area contributed by atoms with Gasteiger partial charge in [-0.15, -0.1) is 0 Å². The lowest BCUT2D eigenvalue weighted by atomic mass is 10.4. The second-order valence-corrected chi connectivity index (χ2v) is 2.99. The molecule has 6 nitrogen and oxygen atoms in total. The van der Waals surface area contributed by atoms with Crippen LogP contribution in [-0.2, 0) is 0 Å². The maximum atomic E-state index is 10.7. The zero-order valence-electron chi connectivity index (χ0n) is 7.95. The quantitative estimate of drug-likeness (QED) is 0.777. The lowest BCUT2D eigenvalue weighted by Gasteiger charge is -2.00. The molecule has 1 N–H and O–H groups in total. The summed E-state index contributed by atoms with van der Waals surface area (Å²) in [5, 5.41) is 8.75. The van der Waals surface area contributed by atoms with Gasteiger partial charge in [-0.05, 0) is 6.92 Å². The number of rotatable bonds is 2. The summed E-state index contributed by atoms with van der Waals surface area (Å²) in [5.74, 6) is -0.585. The molecule has 0 aromatic carbocycles. The van der Waals surface area contributed by atoms with E-state index in [2.05, 4.69) is 15.0 Å². The number of aromatic carboxylic acids is 1. The standard InChI is InChI=1S/C9H8N4O2/c1-6-3-13(5-12-6)8-2-7(9(14)15)10-4-11-8/h2-5H,1H3,(H,14,15). The molecule has 15 heavy (non-hydrogen) atoms. The Labute approximate surface area is 85.3 Å². The number of aromatic nitrogens is 4. The lowest BCUT2D eigenvalue weighted by Crippen LogP contribution is -2.03. The van der Waals surface area contributed by atoms with E-state index >= 15 is 0 Å². The summed E-state index contributed by atoms with van der Waals surface area (Å²) < 4.78 is 1.64. The molecule has 0 aliphatic carbocycles. The van der Waals surface area contributed by atoms with Gasteiger partial charge in [0.15, 0.2) is 5.69 Å². The van der Waals surface area contributed by atoms with E-state index in [4.69, 9.17) is 5.11 Å². The molecule has 6 heteroatoms. The Hall–Kier alpha value is -2.24. The molecule has 0 saturated heterocycles. The van der Waals surface area contributed by atoms with E-state index in [0.29, 0.717) is 5.82 Å². The van der Waals surface area contributed by atoms with Gasteiger partial charge in [0.25, 0.3) is 0 Å². The van der Waals surface area contributed by atoms with Crippen molar-refractivity contribution < 1.29 is 9.90 Å². The van der Waals surface area contributed by atoms with Crippen molar-refractivity contribution >= 4 is 5.97 Å². The van der Waals surface area contributed by atoms with Gasteiger partial charge < -0.3 is 5.11 Å². The van der Waals surface area contributed by atoms with Crippen molar-refractivity contribution in [3.63, 3.8) is 0 Å². The molecule has 0 radical (unpaired) electrons. The maximum absolute atomic E-state index is 10.7. The fourth-order valence-corrected chi connectivity index (χ4v) is 1.15. The normalized spacial score (nSPS) is 10.2. The van der Waals surface area contributed by atoms with Crippen molar-refractivity contribution in [2.75, 3.05) is 0 Å². The second kappa shape index (κ2) is 3.49. The SMILES string of the molecule is Cc1cn(-c2cc(C(=O)O)ncn2)cn1. The van der Waals surface area contributed by atoms with Crippen LogP contribution in [0.25, 0.3) is 5.82 Å². The van der Waals surface area contributed by atoms with Crippen LogP contribution < -0.4 is 0 Å². The summed E-state index contributed by atoms with van der Waals surface area (Å²) in [5.41, 5.74) is 0.803. The van der Waals surface area contributed by atoms with Gasteiger partial charge in [-0.1, -0.05) is 0 Å². The van der Waals surface area contributed by atoms with Gasteiger partial charge in [0, 0.05) is 12.3 Å². The van der Waals surface area contributed by atoms with Crippen molar-refractivity contribution in [1.29, 1.82) is 0 Å². The molecule has 0 amide bonds. The highest BCUT2D eigenvalue weighted by Crippen LogP contribution is 2.05. The molecule has 0 atom stereocenters. The minimum atomic E-state index is -1.07. The predicted molar refractivity (Wildman–Crippen MR) is 50.9 cm³/mol. The zero-order valence-corrected chi connectivity index (χ0v) is 7.95. The molecular formula is C9H8N4O2. The highest BCUT2D eigenvalue weighted by molar-refractivity contribution is 5.85. The van der Waals surface area contributed by atoms with Crippen molar-refractivity contribution in [2.24, 2.45) is 0 Å². The highest BCUT2D eigenvalue weighted by atomic mass is 16.4. The van der Waals surface area contributed by atoms with Crippen molar-refractivity contribution in [2.45, 2.75) is 6.92 Å². The molecule has 76 valence electrons. The van der Waals surface area contributed by atoms with Crippen LogP contribution in [0.5, 0.6) is 0 Å². The van der Waals surface area contributed by atoms with E-state index in [1.807, 2.05) is 6.92 Å². The largest absolute Gasteiger partial charge is 0.477 e. The Kier molecular flexibility index (Phi) is 2.17. The monoisotopic (exact) mass is 204 g/mol. The van der Waals surface area contributed by atoms with Crippen molar-refractivity contribution in [3.8, 4) is 5.82 Å². The van der Waals surface area contributed by atoms with Gasteiger partial charge in [0.05, 0.1) is 5.69 Å². The molecule has 2 aromatic rings. The fraction of sp³-hybridized carbons (Fsp3) is 0.111. The second-order valence-electron chi connectivity index (χ2n) is 2.99. The van der Waals surface area contributed by atoms with E-state index in [1.54, 1.807) is 17.1 Å². The molecule has 0 aliphatic rings. The molecule has 2 aromatic heterocycles. The van der Waals surface area contributed by atoms with E-state index in [1.165, 1.54) is 12.4 Å². The third-order valence-electron chi connectivity index (χ3n) is 1.85. The minimum Gasteiger partial charge on any atom is -0.477 e. The van der Waals surface area contributed by atoms with E-state index < -0.39 is 5.97 Å². The molecule has 2 heterocycles. The van der Waals surface area contributed by atoms with Crippen LogP contribution in [0.4, 0.5) is 0 Å². The van der Waals surface area contributed by atoms with Gasteiger partial charge in [-0.25, -0.2) is 19.7 Å². The average molecular weight is 204 g/mol. The van der Waals surface area contributed by atoms with E-state index in [0.717, 1.165) is 5.69 Å². The first kappa shape index (κ1) is 9.32. The number of hydrogen-bond acceptors (Lipinski definition) is 4. The zero-order chi connectivity index (χ0) is 10.8. The Balaban J connectivity index is 2.45. The van der Waals surface area contributed by atoms with Crippen LogP contribution in [0.2, 0.25) is 0 Å². The van der Waals surface area contributed by atoms with Crippen LogP contribution in [0.1, 0.15) is 16.2 Å². The lowest BCUT2D eigenvalue weighted by molar-refractivity contribution is 0.0690. The molecule has 0 bridgehead atoms. The number of carboxylic acid groups (broad SMARTS) is 1. The van der Waals surface area contributed by atoms with E-state index in [9.17, 15) is 4.79 Å². The Morgan fingerprint density at radius 2 is 2.20 bits per heavy atom. The molecule has 0 fully saturated rings. The Morgan fingerprint density at radius 1 is 1.40 bits per heavy atom. The maximum Gasteiger partial charge on any atom is 0.354 e. The van der Waals surface area contributed by atoms with Gasteiger partial charge in [-0.3, -0.25) is 4.57 Å². The minimum absolute atomic E-state index is 0.0358. The number of aryl methyl sites for hydroxylation is 1. The van der Waals surface area contributed by atoms with Crippen LogP contribution in [0, 0.1) is 6.92 Å². The van der Waals surface area contributed by atoms with Gasteiger partial charge in [0.1, 0.15) is 18.5 Å². The average Bonchev–Trinajstić information content (AvgIpc) is 2.65. The topological polar surface area (TPSA) is 80.9 Å². The third-order valence-corrected chi connectivity index (χ3v) is 1.85. The number of imidazole rings is 1. The molecule has 2 rings (SSSR count). The van der Waals surface area contributed by atoms with Gasteiger partial charge in [0.2, 0.25) is 0 Å². The Morgan fingerprint density at radius 3 is 2.80 bits per heavy atom. The van der Waals surface area contributed by atoms with Gasteiger partial charge >= 0.3 is 5.97 Å². The summed E-state index contributed by atoms with van der Waals surface area (Å²) in [6.07, 6.45) is 4.55. The first-order valence-electron chi connectivity index (χ1n) is 4.23. The Bertz CT molecular complexity index is 506. The van der Waals surface area contributed by atoms with Crippen molar-refractivity contribution in [3.05, 3.63) is 36.3 Å². The fourth-order valence-electron chi connectivity index (χ4n) is 1.15. The van der Waals surface area contributed by atoms with Crippen LogP contribution in [0.3, 0.4) is 0 Å². The summed E-state index contributed by atoms with van der Waals surface area (Å²) in [6.45, 7) is 1.84. The molecule has 0 saturated carbocycles. The summed E-state index contributed by atoms with van der Waals surface area (Å²) in [4.78, 5) is 22.3. The third kappa shape index (κ3) is 1.83. The van der Waals surface area contributed by atoms with Gasteiger partial charge in [-0.2, -0.15) is 0 Å². The molecule has 0 unspecified atom stereocenters. The van der Waals surface area contributed by atoms with Crippen LogP contribution >= 0.6 is 0 Å². The molecule has 0 spiro atoms. The number of carboxylic acids is 1. The summed E-state index contributed by atoms with van der Waals surface area (Å²) in [6, 6.07) is 1.39. The van der Waals surface area contributed by atoms with E-state index in [-0.39, 0.29) is 5.69 Å². The van der Waals surface area contributed by atoms with Crippen LogP contribution in [-0.4, -0.2) is 30.6 Å². The first-order valence-corrected chi connectivity index (χ1v) is 4.23. The predicted octanol–water partition coefficient (Wildman–Crippen LogP) is 0.669. The number of nitrogens with zero attached hydrogens (tertiary/aromatic N) is 4. The van der Waals surface area contributed by atoms with Crippen molar-refractivity contribution in [1.82, 2.24) is 19.5 Å². The molecular weight excluding hydrogens is 196 g/mol. The van der Waals surface area contributed by atoms with Crippen LogP contribution in [0.15, 0.2) is 24.9 Å². The smallest absolute Gasteiger partial charge is 0.354 e. The highest BCUT2D eigenvalue weighted by Gasteiger charge is 2.07. The first-order chi connectivity index (χ1) is 7.16.